The third-order valence-corrected chi connectivity index (χ3v) is 7.68. The molecule has 7 nitrogen and oxygen atoms in total. The lowest BCUT2D eigenvalue weighted by atomic mass is 10.0. The number of carbonyl (C=O) groups excluding carboxylic acids is 2. The van der Waals surface area contributed by atoms with Gasteiger partial charge in [0, 0.05) is 6.54 Å². The molecule has 1 aliphatic carbocycles. The molecule has 0 aromatic heterocycles. The van der Waals surface area contributed by atoms with E-state index in [1.807, 2.05) is 19.1 Å². The molecule has 1 N–H and O–H groups in total. The number of benzene rings is 1. The Morgan fingerprint density at radius 3 is 2.67 bits per heavy atom. The highest BCUT2D eigenvalue weighted by Gasteiger charge is 2.26. The zero-order valence-corrected chi connectivity index (χ0v) is 18.8. The van der Waals surface area contributed by atoms with Crippen molar-refractivity contribution >= 4 is 33.4 Å². The lowest BCUT2D eigenvalue weighted by molar-refractivity contribution is -0.118. The van der Waals surface area contributed by atoms with E-state index in [1.54, 1.807) is 6.07 Å². The molecule has 1 atom stereocenters. The number of urea groups is 1. The number of rotatable bonds is 12. The van der Waals surface area contributed by atoms with Crippen LogP contribution in [0, 0.1) is 5.92 Å². The fourth-order valence-electron chi connectivity index (χ4n) is 3.45. The maximum atomic E-state index is 12.5. The highest BCUT2D eigenvalue weighted by atomic mass is 35.5. The van der Waals surface area contributed by atoms with Crippen LogP contribution in [0.25, 0.3) is 0 Å². The molecule has 1 heterocycles. The summed E-state index contributed by atoms with van der Waals surface area (Å²) in [6.07, 6.45) is 4.27. The summed E-state index contributed by atoms with van der Waals surface area (Å²) in [5.41, 5.74) is 0.901. The van der Waals surface area contributed by atoms with Crippen molar-refractivity contribution < 1.29 is 22.7 Å². The summed E-state index contributed by atoms with van der Waals surface area (Å²) < 4.78 is 30.8. The molecule has 166 valence electrons. The summed E-state index contributed by atoms with van der Waals surface area (Å²) in [4.78, 5) is 24.1. The van der Waals surface area contributed by atoms with Gasteiger partial charge in [0.05, 0.1) is 23.1 Å². The maximum absolute atomic E-state index is 12.5. The van der Waals surface area contributed by atoms with E-state index in [9.17, 15) is 18.0 Å². The van der Waals surface area contributed by atoms with E-state index in [2.05, 4.69) is 5.32 Å². The van der Waals surface area contributed by atoms with Gasteiger partial charge in [-0.15, -0.1) is 0 Å². The Bertz CT molecular complexity index is 885. The SMILES string of the molecule is C[C@@H](CS(=O)(=O)CCCCCN1CC(=O)NC1=O)c1ccc(Cl)c(OCC2CC2)c1. The highest BCUT2D eigenvalue weighted by Crippen LogP contribution is 2.33. The molecule has 30 heavy (non-hydrogen) atoms. The van der Waals surface area contributed by atoms with Crippen molar-refractivity contribution in [3.05, 3.63) is 28.8 Å². The largest absolute Gasteiger partial charge is 0.492 e. The Morgan fingerprint density at radius 2 is 2.00 bits per heavy atom. The first kappa shape index (κ1) is 22.9. The molecule has 0 spiro atoms. The lowest BCUT2D eigenvalue weighted by Gasteiger charge is -2.15. The van der Waals surface area contributed by atoms with Gasteiger partial charge >= 0.3 is 6.03 Å². The van der Waals surface area contributed by atoms with Gasteiger partial charge in [-0.25, -0.2) is 13.2 Å². The fraction of sp³-hybridized carbons (Fsp3) is 0.619. The number of carbonyl (C=O) groups is 2. The van der Waals surface area contributed by atoms with E-state index >= 15 is 0 Å². The average Bonchev–Trinajstić information content (AvgIpc) is 3.44. The van der Waals surface area contributed by atoms with Crippen molar-refractivity contribution in [1.82, 2.24) is 10.2 Å². The van der Waals surface area contributed by atoms with E-state index < -0.39 is 9.84 Å². The van der Waals surface area contributed by atoms with Crippen LogP contribution in [-0.2, 0) is 14.6 Å². The number of hydrogen-bond donors (Lipinski definition) is 1. The second-order valence-electron chi connectivity index (χ2n) is 8.30. The standard InChI is InChI=1S/C21H29ClN2O5S/c1-15(17-7-8-18(22)19(11-17)29-13-16-5-6-16)14-30(27,28)10-4-2-3-9-24-12-20(25)23-21(24)26/h7-8,11,15-16H,2-6,9-10,12-14H2,1H3,(H,23,25,26)/t15-/m0/s1. The minimum absolute atomic E-state index is 0.0692. The number of nitrogens with one attached hydrogen (secondary N) is 1. The Morgan fingerprint density at radius 1 is 1.23 bits per heavy atom. The van der Waals surface area contributed by atoms with Crippen LogP contribution in [0.2, 0.25) is 5.02 Å². The van der Waals surface area contributed by atoms with Crippen LogP contribution in [0.4, 0.5) is 4.79 Å². The van der Waals surface area contributed by atoms with E-state index in [0.29, 0.717) is 49.1 Å². The summed E-state index contributed by atoms with van der Waals surface area (Å²) in [6, 6.07) is 5.11. The predicted octanol–water partition coefficient (Wildman–Crippen LogP) is 3.37. The van der Waals surface area contributed by atoms with Crippen LogP contribution < -0.4 is 10.1 Å². The van der Waals surface area contributed by atoms with E-state index in [1.165, 1.54) is 17.7 Å². The molecule has 1 aromatic carbocycles. The molecule has 1 saturated heterocycles. The molecule has 1 aliphatic heterocycles. The van der Waals surface area contributed by atoms with Crippen LogP contribution >= 0.6 is 11.6 Å². The van der Waals surface area contributed by atoms with Crippen molar-refractivity contribution in [2.45, 2.75) is 44.9 Å². The monoisotopic (exact) mass is 456 g/mol. The van der Waals surface area contributed by atoms with Gasteiger partial charge in [-0.3, -0.25) is 10.1 Å². The number of unbranched alkanes of at least 4 members (excludes halogenated alkanes) is 2. The number of imide groups is 1. The summed E-state index contributed by atoms with van der Waals surface area (Å²) in [5, 5.41) is 2.77. The van der Waals surface area contributed by atoms with E-state index in [-0.39, 0.29) is 35.9 Å². The molecule has 9 heteroatoms. The fourth-order valence-corrected chi connectivity index (χ4v) is 5.39. The minimum Gasteiger partial charge on any atom is -0.492 e. The first-order valence-electron chi connectivity index (χ1n) is 10.4. The zero-order chi connectivity index (χ0) is 21.7. The molecular formula is C21H29ClN2O5S. The van der Waals surface area contributed by atoms with Gasteiger partial charge in [0.1, 0.15) is 12.3 Å². The van der Waals surface area contributed by atoms with Crippen molar-refractivity contribution in [3.8, 4) is 5.75 Å². The molecule has 1 aromatic rings. The molecule has 2 fully saturated rings. The number of amides is 3. The Labute approximate surface area is 183 Å². The maximum Gasteiger partial charge on any atom is 0.324 e. The summed E-state index contributed by atoms with van der Waals surface area (Å²) in [5.74, 6) is 0.966. The molecule has 0 bridgehead atoms. The number of nitrogens with zero attached hydrogens (tertiary/aromatic N) is 1. The third kappa shape index (κ3) is 6.87. The summed E-state index contributed by atoms with van der Waals surface area (Å²) in [6.45, 7) is 3.10. The van der Waals surface area contributed by atoms with E-state index in [4.69, 9.17) is 16.3 Å². The third-order valence-electron chi connectivity index (χ3n) is 5.45. The van der Waals surface area contributed by atoms with Crippen LogP contribution in [0.3, 0.4) is 0 Å². The van der Waals surface area contributed by atoms with Crippen molar-refractivity contribution in [2.24, 2.45) is 5.92 Å². The van der Waals surface area contributed by atoms with Crippen LogP contribution in [-0.4, -0.2) is 56.5 Å². The zero-order valence-electron chi connectivity index (χ0n) is 17.2. The predicted molar refractivity (Wildman–Crippen MR) is 116 cm³/mol. The van der Waals surface area contributed by atoms with Crippen LogP contribution in [0.15, 0.2) is 18.2 Å². The molecule has 3 amide bonds. The molecule has 3 rings (SSSR count). The van der Waals surface area contributed by atoms with Gasteiger partial charge in [-0.05, 0) is 55.2 Å². The smallest absolute Gasteiger partial charge is 0.324 e. The number of hydrogen-bond acceptors (Lipinski definition) is 5. The topological polar surface area (TPSA) is 92.8 Å². The normalized spacial score (nSPS) is 17.9. The van der Waals surface area contributed by atoms with Crippen molar-refractivity contribution in [1.29, 1.82) is 0 Å². The van der Waals surface area contributed by atoms with Gasteiger partial charge in [-0.2, -0.15) is 0 Å². The minimum atomic E-state index is -3.21. The first-order valence-corrected chi connectivity index (χ1v) is 12.6. The Hall–Kier alpha value is -1.80. The lowest BCUT2D eigenvalue weighted by Crippen LogP contribution is -2.29. The molecular weight excluding hydrogens is 428 g/mol. The van der Waals surface area contributed by atoms with Gasteiger partial charge in [0.15, 0.2) is 9.84 Å². The first-order chi connectivity index (χ1) is 14.2. The quantitative estimate of drug-likeness (QED) is 0.384. The van der Waals surface area contributed by atoms with E-state index in [0.717, 1.165) is 5.56 Å². The highest BCUT2D eigenvalue weighted by molar-refractivity contribution is 7.91. The second-order valence-corrected chi connectivity index (χ2v) is 10.9. The van der Waals surface area contributed by atoms with Crippen molar-refractivity contribution in [3.63, 3.8) is 0 Å². The summed E-state index contributed by atoms with van der Waals surface area (Å²) >= 11 is 6.21. The number of ether oxygens (including phenoxy) is 1. The van der Waals surface area contributed by atoms with Gasteiger partial charge in [0.25, 0.3) is 0 Å². The Kier molecular flexibility index (Phi) is 7.63. The van der Waals surface area contributed by atoms with Crippen LogP contribution in [0.1, 0.15) is 50.5 Å². The Balaban J connectivity index is 1.42. The van der Waals surface area contributed by atoms with Gasteiger partial charge in [-0.1, -0.05) is 31.0 Å². The second kappa shape index (κ2) is 10.0. The molecule has 0 unspecified atom stereocenters. The molecule has 2 aliphatic rings. The average molecular weight is 457 g/mol. The number of halogens is 1. The van der Waals surface area contributed by atoms with Crippen LogP contribution in [0.5, 0.6) is 5.75 Å². The molecule has 0 radical (unpaired) electrons. The van der Waals surface area contributed by atoms with Crippen molar-refractivity contribution in [2.75, 3.05) is 31.2 Å². The number of sulfone groups is 1. The van der Waals surface area contributed by atoms with Gasteiger partial charge < -0.3 is 9.64 Å². The summed E-state index contributed by atoms with van der Waals surface area (Å²) in [7, 11) is -3.21. The molecule has 1 saturated carbocycles. The van der Waals surface area contributed by atoms with Gasteiger partial charge in [0.2, 0.25) is 5.91 Å².